The van der Waals surface area contributed by atoms with Gasteiger partial charge in [-0.2, -0.15) is 0 Å². The molecular formula is C23H27N3O5. The van der Waals surface area contributed by atoms with Gasteiger partial charge in [-0.3, -0.25) is 4.79 Å². The first-order valence-corrected chi connectivity index (χ1v) is 10.0. The standard InChI is InChI=1S/C23H27N3O5/c1-23(2,3)30-22(28)25-13-17-12-18(31-26-17)14-29-20-7-5-4-6-19(20)15-8-10-16(11-9-15)21(24)27/h4-11,18H,12-14H2,1-3H3,(H2,24,27)(H,25,28). The molecule has 3 rings (SSSR count). The van der Waals surface area contributed by atoms with E-state index in [1.165, 1.54) is 0 Å². The third-order valence-electron chi connectivity index (χ3n) is 4.42. The highest BCUT2D eigenvalue weighted by Gasteiger charge is 2.23. The Morgan fingerprint density at radius 1 is 1.16 bits per heavy atom. The van der Waals surface area contributed by atoms with Crippen LogP contribution in [0.1, 0.15) is 37.6 Å². The number of hydrogen-bond donors (Lipinski definition) is 2. The summed E-state index contributed by atoms with van der Waals surface area (Å²) in [5.74, 6) is 0.227. The van der Waals surface area contributed by atoms with E-state index in [2.05, 4.69) is 10.5 Å². The van der Waals surface area contributed by atoms with Crippen LogP contribution in [0.15, 0.2) is 53.7 Å². The molecule has 0 radical (unpaired) electrons. The summed E-state index contributed by atoms with van der Waals surface area (Å²) in [5.41, 5.74) is 7.72. The minimum atomic E-state index is -0.554. The number of nitrogens with two attached hydrogens (primary N) is 1. The van der Waals surface area contributed by atoms with E-state index in [1.54, 1.807) is 32.9 Å². The molecule has 0 bridgehead atoms. The van der Waals surface area contributed by atoms with Gasteiger partial charge < -0.3 is 25.4 Å². The molecule has 0 spiro atoms. The molecule has 0 saturated carbocycles. The van der Waals surface area contributed by atoms with Crippen molar-refractivity contribution in [3.8, 4) is 16.9 Å². The average molecular weight is 425 g/mol. The fourth-order valence-electron chi connectivity index (χ4n) is 3.00. The van der Waals surface area contributed by atoms with E-state index in [1.807, 2.05) is 36.4 Å². The van der Waals surface area contributed by atoms with Crippen LogP contribution in [0.3, 0.4) is 0 Å². The molecule has 2 aromatic carbocycles. The zero-order chi connectivity index (χ0) is 22.4. The molecule has 8 nitrogen and oxygen atoms in total. The molecular weight excluding hydrogens is 398 g/mol. The summed E-state index contributed by atoms with van der Waals surface area (Å²) < 4.78 is 11.2. The van der Waals surface area contributed by atoms with Gasteiger partial charge in [-0.05, 0) is 44.5 Å². The first-order chi connectivity index (χ1) is 14.7. The second kappa shape index (κ2) is 9.51. The summed E-state index contributed by atoms with van der Waals surface area (Å²) in [6.07, 6.45) is -0.197. The number of para-hydroxylation sites is 1. The van der Waals surface area contributed by atoms with Gasteiger partial charge in [0.15, 0.2) is 6.10 Å². The lowest BCUT2D eigenvalue weighted by Gasteiger charge is -2.19. The Bertz CT molecular complexity index is 964. The predicted molar refractivity (Wildman–Crippen MR) is 117 cm³/mol. The molecule has 1 atom stereocenters. The number of nitrogens with zero attached hydrogens (tertiary/aromatic N) is 1. The van der Waals surface area contributed by atoms with E-state index < -0.39 is 17.6 Å². The molecule has 0 saturated heterocycles. The summed E-state index contributed by atoms with van der Waals surface area (Å²) >= 11 is 0. The maximum atomic E-state index is 11.8. The SMILES string of the molecule is CC(C)(C)OC(=O)NCC1=NOC(COc2ccccc2-c2ccc(C(N)=O)cc2)C1. The second-order valence-corrected chi connectivity index (χ2v) is 8.19. The van der Waals surface area contributed by atoms with Crippen molar-refractivity contribution in [2.45, 2.75) is 38.9 Å². The van der Waals surface area contributed by atoms with Crippen molar-refractivity contribution >= 4 is 17.7 Å². The minimum absolute atomic E-state index is 0.249. The Labute approximate surface area is 181 Å². The number of hydrogen-bond acceptors (Lipinski definition) is 6. The zero-order valence-electron chi connectivity index (χ0n) is 17.9. The Balaban J connectivity index is 1.53. The van der Waals surface area contributed by atoms with Crippen LogP contribution in [0.5, 0.6) is 5.75 Å². The number of carbonyl (C=O) groups is 2. The lowest BCUT2D eigenvalue weighted by molar-refractivity contribution is 0.0472. The molecule has 164 valence electrons. The number of amides is 2. The monoisotopic (exact) mass is 425 g/mol. The van der Waals surface area contributed by atoms with Crippen LogP contribution < -0.4 is 15.8 Å². The van der Waals surface area contributed by atoms with Gasteiger partial charge in [0.2, 0.25) is 5.91 Å². The lowest BCUT2D eigenvalue weighted by atomic mass is 10.0. The van der Waals surface area contributed by atoms with Crippen molar-refractivity contribution in [1.29, 1.82) is 0 Å². The molecule has 3 N–H and O–H groups in total. The van der Waals surface area contributed by atoms with Crippen molar-refractivity contribution in [2.75, 3.05) is 13.2 Å². The Hall–Kier alpha value is -3.55. The van der Waals surface area contributed by atoms with E-state index in [0.717, 1.165) is 16.8 Å². The smallest absolute Gasteiger partial charge is 0.407 e. The third-order valence-corrected chi connectivity index (χ3v) is 4.42. The maximum absolute atomic E-state index is 11.8. The summed E-state index contributed by atoms with van der Waals surface area (Å²) in [5, 5.41) is 6.70. The van der Waals surface area contributed by atoms with Gasteiger partial charge >= 0.3 is 6.09 Å². The summed E-state index contributed by atoms with van der Waals surface area (Å²) in [7, 11) is 0. The van der Waals surface area contributed by atoms with E-state index >= 15 is 0 Å². The van der Waals surface area contributed by atoms with Crippen LogP contribution >= 0.6 is 0 Å². The fourth-order valence-corrected chi connectivity index (χ4v) is 3.00. The van der Waals surface area contributed by atoms with Crippen LogP contribution in [0.4, 0.5) is 4.79 Å². The third kappa shape index (κ3) is 6.47. The molecule has 8 heteroatoms. The highest BCUT2D eigenvalue weighted by Crippen LogP contribution is 2.30. The van der Waals surface area contributed by atoms with Crippen LogP contribution in [0.2, 0.25) is 0 Å². The van der Waals surface area contributed by atoms with Crippen molar-refractivity contribution in [3.63, 3.8) is 0 Å². The number of rotatable bonds is 7. The fraction of sp³-hybridized carbons (Fsp3) is 0.348. The van der Waals surface area contributed by atoms with Crippen molar-refractivity contribution in [3.05, 3.63) is 54.1 Å². The van der Waals surface area contributed by atoms with Crippen molar-refractivity contribution in [1.82, 2.24) is 5.32 Å². The number of ether oxygens (including phenoxy) is 2. The van der Waals surface area contributed by atoms with E-state index in [-0.39, 0.29) is 12.6 Å². The Kier molecular flexibility index (Phi) is 6.79. The minimum Gasteiger partial charge on any atom is -0.489 e. The number of benzene rings is 2. The second-order valence-electron chi connectivity index (χ2n) is 8.19. The van der Waals surface area contributed by atoms with Crippen LogP contribution in [-0.2, 0) is 9.57 Å². The number of nitrogens with one attached hydrogen (secondary N) is 1. The molecule has 0 aromatic heterocycles. The van der Waals surface area contributed by atoms with Gasteiger partial charge in [-0.25, -0.2) is 4.79 Å². The first kappa shape index (κ1) is 22.1. The normalized spacial score (nSPS) is 15.6. The average Bonchev–Trinajstić information content (AvgIpc) is 3.18. The maximum Gasteiger partial charge on any atom is 0.407 e. The van der Waals surface area contributed by atoms with Crippen LogP contribution in [-0.4, -0.2) is 42.6 Å². The molecule has 1 aliphatic rings. The van der Waals surface area contributed by atoms with Gasteiger partial charge in [0.05, 0.1) is 12.3 Å². The Morgan fingerprint density at radius 2 is 1.87 bits per heavy atom. The number of carbonyl (C=O) groups excluding carboxylic acids is 2. The zero-order valence-corrected chi connectivity index (χ0v) is 17.9. The van der Waals surface area contributed by atoms with E-state index in [9.17, 15) is 9.59 Å². The number of primary amides is 1. The van der Waals surface area contributed by atoms with Crippen LogP contribution in [0, 0.1) is 0 Å². The quantitative estimate of drug-likeness (QED) is 0.705. The van der Waals surface area contributed by atoms with Gasteiger partial charge in [0.1, 0.15) is 18.0 Å². The first-order valence-electron chi connectivity index (χ1n) is 10.0. The molecule has 31 heavy (non-hydrogen) atoms. The Morgan fingerprint density at radius 3 is 2.55 bits per heavy atom. The summed E-state index contributed by atoms with van der Waals surface area (Å²) in [6, 6.07) is 14.7. The van der Waals surface area contributed by atoms with Crippen LogP contribution in [0.25, 0.3) is 11.1 Å². The van der Waals surface area contributed by atoms with Gasteiger partial charge in [0.25, 0.3) is 0 Å². The van der Waals surface area contributed by atoms with Gasteiger partial charge in [0, 0.05) is 17.5 Å². The molecule has 1 aliphatic heterocycles. The topological polar surface area (TPSA) is 112 Å². The van der Waals surface area contributed by atoms with E-state index in [0.29, 0.717) is 24.3 Å². The predicted octanol–water partition coefficient (Wildman–Crippen LogP) is 3.50. The highest BCUT2D eigenvalue weighted by atomic mass is 16.7. The molecule has 1 unspecified atom stereocenters. The molecule has 1 heterocycles. The molecule has 2 aromatic rings. The molecule has 2 amide bonds. The summed E-state index contributed by atoms with van der Waals surface area (Å²) in [6.45, 7) is 5.98. The number of oxime groups is 1. The summed E-state index contributed by atoms with van der Waals surface area (Å²) in [4.78, 5) is 28.5. The molecule has 0 aliphatic carbocycles. The highest BCUT2D eigenvalue weighted by molar-refractivity contribution is 5.93. The van der Waals surface area contributed by atoms with Gasteiger partial charge in [-0.15, -0.1) is 0 Å². The largest absolute Gasteiger partial charge is 0.489 e. The van der Waals surface area contributed by atoms with Crippen molar-refractivity contribution in [2.24, 2.45) is 10.9 Å². The lowest BCUT2D eigenvalue weighted by Crippen LogP contribution is -2.35. The molecule has 0 fully saturated rings. The number of alkyl carbamates (subject to hydrolysis) is 1. The van der Waals surface area contributed by atoms with Gasteiger partial charge in [-0.1, -0.05) is 35.5 Å². The van der Waals surface area contributed by atoms with Crippen molar-refractivity contribution < 1.29 is 23.9 Å². The van der Waals surface area contributed by atoms with E-state index in [4.69, 9.17) is 20.0 Å².